The van der Waals surface area contributed by atoms with Crippen molar-refractivity contribution >= 4 is 30.3 Å². The molecular formula is C24H29NO5SSi. The van der Waals surface area contributed by atoms with Crippen molar-refractivity contribution in [1.29, 1.82) is 0 Å². The molecule has 2 aromatic carbocycles. The van der Waals surface area contributed by atoms with Crippen molar-refractivity contribution < 1.29 is 22.4 Å². The number of ether oxygens (including phenoxy) is 1. The maximum absolute atomic E-state index is 13.9. The first-order chi connectivity index (χ1) is 15.0. The highest BCUT2D eigenvalue weighted by atomic mass is 32.2. The number of anilines is 1. The van der Waals surface area contributed by atoms with Gasteiger partial charge in [-0.1, -0.05) is 35.9 Å². The maximum Gasteiger partial charge on any atom is 0.264 e. The van der Waals surface area contributed by atoms with Gasteiger partial charge in [-0.15, -0.1) is 0 Å². The molecule has 32 heavy (non-hydrogen) atoms. The number of aryl methyl sites for hydroxylation is 1. The Balaban J connectivity index is 1.93. The van der Waals surface area contributed by atoms with Crippen molar-refractivity contribution in [3.63, 3.8) is 0 Å². The van der Waals surface area contributed by atoms with Crippen LogP contribution in [-0.4, -0.2) is 42.3 Å². The molecule has 8 heteroatoms. The zero-order valence-corrected chi connectivity index (χ0v) is 20.8. The molecule has 3 atom stereocenters. The van der Waals surface area contributed by atoms with E-state index in [1.807, 2.05) is 25.1 Å². The summed E-state index contributed by atoms with van der Waals surface area (Å²) in [5, 5.41) is 0. The fourth-order valence-electron chi connectivity index (χ4n) is 4.80. The first-order valence-corrected chi connectivity index (χ1v) is 15.5. The van der Waals surface area contributed by atoms with E-state index in [4.69, 9.17) is 9.16 Å². The Morgan fingerprint density at radius 1 is 1.09 bits per heavy atom. The van der Waals surface area contributed by atoms with Crippen LogP contribution in [0.4, 0.5) is 5.69 Å². The molecule has 1 heterocycles. The van der Waals surface area contributed by atoms with E-state index in [-0.39, 0.29) is 4.90 Å². The molecule has 170 valence electrons. The van der Waals surface area contributed by atoms with Crippen molar-refractivity contribution in [2.75, 3.05) is 11.4 Å². The monoisotopic (exact) mass is 471 g/mol. The Hall–Kier alpha value is -2.42. The van der Waals surface area contributed by atoms with Gasteiger partial charge in [0.15, 0.2) is 0 Å². The molecule has 0 fully saturated rings. The summed E-state index contributed by atoms with van der Waals surface area (Å²) in [6, 6.07) is 13.3. The number of hydrogen-bond acceptors (Lipinski definition) is 5. The molecule has 0 bridgehead atoms. The summed E-state index contributed by atoms with van der Waals surface area (Å²) in [5.41, 5.74) is 0.981. The van der Waals surface area contributed by atoms with Gasteiger partial charge in [0.25, 0.3) is 10.0 Å². The minimum atomic E-state index is -3.94. The number of fused-ring (bicyclic) bond motifs is 3. The molecule has 0 radical (unpaired) electrons. The third kappa shape index (κ3) is 3.50. The van der Waals surface area contributed by atoms with Crippen molar-refractivity contribution in [2.45, 2.75) is 55.4 Å². The zero-order chi connectivity index (χ0) is 23.3. The predicted octanol–water partition coefficient (Wildman–Crippen LogP) is 4.16. The van der Waals surface area contributed by atoms with E-state index in [9.17, 15) is 13.2 Å². The Kier molecular flexibility index (Phi) is 5.59. The van der Waals surface area contributed by atoms with Gasteiger partial charge < -0.3 is 14.0 Å². The van der Waals surface area contributed by atoms with Gasteiger partial charge in [0.2, 0.25) is 8.32 Å². The lowest BCUT2D eigenvalue weighted by Gasteiger charge is -2.43. The number of nitrogens with zero attached hydrogens (tertiary/aromatic N) is 1. The van der Waals surface area contributed by atoms with Gasteiger partial charge in [0.1, 0.15) is 11.7 Å². The highest BCUT2D eigenvalue weighted by Crippen LogP contribution is 2.53. The van der Waals surface area contributed by atoms with Crippen LogP contribution in [0.1, 0.15) is 17.5 Å². The topological polar surface area (TPSA) is 72.9 Å². The maximum atomic E-state index is 13.9. The molecule has 0 aromatic heterocycles. The van der Waals surface area contributed by atoms with Gasteiger partial charge in [0.05, 0.1) is 28.5 Å². The van der Waals surface area contributed by atoms with Gasteiger partial charge >= 0.3 is 0 Å². The Morgan fingerprint density at radius 3 is 2.34 bits per heavy atom. The Morgan fingerprint density at radius 2 is 1.75 bits per heavy atom. The van der Waals surface area contributed by atoms with Crippen LogP contribution in [0.3, 0.4) is 0 Å². The number of carbonyl (C=O) groups excluding carboxylic acids is 1. The lowest BCUT2D eigenvalue weighted by Crippen LogP contribution is -2.57. The Bertz CT molecular complexity index is 1170. The van der Waals surface area contributed by atoms with Crippen molar-refractivity contribution in [3.05, 3.63) is 71.5 Å². The molecule has 2 aromatic rings. The standard InChI is InChI=1S/C24H29NO5SSi/c1-17-10-12-19(13-11-17)31(27,28)25-21-9-7-6-8-20(21)24(16-26)22(25)14-18(15-23(24)29-2)30-32(3,4)5/h6-13,15-16,22-23H,14H2,1-5H3/t22-,23+,24-/m0/s1. The third-order valence-electron chi connectivity index (χ3n) is 6.11. The summed E-state index contributed by atoms with van der Waals surface area (Å²) >= 11 is 0. The average Bonchev–Trinajstić information content (AvgIpc) is 3.03. The van der Waals surface area contributed by atoms with E-state index in [0.717, 1.165) is 11.8 Å². The molecule has 0 unspecified atom stereocenters. The summed E-state index contributed by atoms with van der Waals surface area (Å²) < 4.78 is 41.3. The second-order valence-corrected chi connectivity index (χ2v) is 15.6. The highest BCUT2D eigenvalue weighted by molar-refractivity contribution is 7.93. The van der Waals surface area contributed by atoms with Crippen LogP contribution in [0.2, 0.25) is 19.6 Å². The molecule has 0 saturated carbocycles. The molecule has 2 aliphatic rings. The van der Waals surface area contributed by atoms with Crippen molar-refractivity contribution in [2.24, 2.45) is 0 Å². The largest absolute Gasteiger partial charge is 0.547 e. The van der Waals surface area contributed by atoms with Gasteiger partial charge in [-0.3, -0.25) is 4.31 Å². The molecule has 0 N–H and O–H groups in total. The normalized spacial score (nSPS) is 25.0. The number of aldehydes is 1. The molecule has 0 spiro atoms. The quantitative estimate of drug-likeness (QED) is 0.467. The fraction of sp³-hybridized carbons (Fsp3) is 0.375. The van der Waals surface area contributed by atoms with Gasteiger partial charge in [-0.05, 0) is 56.4 Å². The zero-order valence-electron chi connectivity index (χ0n) is 19.0. The molecule has 4 rings (SSSR count). The second kappa shape index (κ2) is 7.86. The smallest absolute Gasteiger partial charge is 0.264 e. The number of hydrogen-bond donors (Lipinski definition) is 0. The summed E-state index contributed by atoms with van der Waals surface area (Å²) in [5.74, 6) is 0.676. The average molecular weight is 472 g/mol. The lowest BCUT2D eigenvalue weighted by molar-refractivity contribution is -0.117. The summed E-state index contributed by atoms with van der Waals surface area (Å²) in [6.07, 6.45) is 2.35. The molecule has 0 saturated heterocycles. The number of rotatable bonds is 6. The third-order valence-corrected chi connectivity index (χ3v) is 8.82. The SMILES string of the molecule is CO[C@@H]1C=C(O[Si](C)(C)C)C[C@@H]2N(S(=O)(=O)c3ccc(C)cc3)c3ccccc3[C@@]21C=O. The van der Waals surface area contributed by atoms with Crippen LogP contribution in [0.25, 0.3) is 0 Å². The highest BCUT2D eigenvalue weighted by Gasteiger charge is 2.60. The van der Waals surface area contributed by atoms with E-state index in [1.165, 1.54) is 4.31 Å². The number of sulfonamides is 1. The van der Waals surface area contributed by atoms with E-state index >= 15 is 0 Å². The summed E-state index contributed by atoms with van der Waals surface area (Å²) in [7, 11) is -4.36. The molecule has 1 aliphatic carbocycles. The van der Waals surface area contributed by atoms with Crippen LogP contribution in [-0.2, 0) is 29.4 Å². The number of para-hydroxylation sites is 1. The molecule has 0 amide bonds. The minimum absolute atomic E-state index is 0.191. The fourth-order valence-corrected chi connectivity index (χ4v) is 7.44. The molecular weight excluding hydrogens is 442 g/mol. The molecule has 6 nitrogen and oxygen atoms in total. The predicted molar refractivity (Wildman–Crippen MR) is 127 cm³/mol. The van der Waals surface area contributed by atoms with E-state index in [0.29, 0.717) is 23.4 Å². The number of benzene rings is 2. The first-order valence-electron chi connectivity index (χ1n) is 10.6. The van der Waals surface area contributed by atoms with Crippen LogP contribution in [0.15, 0.2) is 65.3 Å². The molecule has 1 aliphatic heterocycles. The van der Waals surface area contributed by atoms with Crippen LogP contribution < -0.4 is 4.31 Å². The minimum Gasteiger partial charge on any atom is -0.547 e. The van der Waals surface area contributed by atoms with E-state index < -0.39 is 35.9 Å². The number of methoxy groups -OCH3 is 1. The lowest BCUT2D eigenvalue weighted by atomic mass is 9.69. The van der Waals surface area contributed by atoms with Gasteiger partial charge in [-0.25, -0.2) is 8.42 Å². The van der Waals surface area contributed by atoms with Gasteiger partial charge in [-0.2, -0.15) is 0 Å². The summed E-state index contributed by atoms with van der Waals surface area (Å²) in [6.45, 7) is 8.12. The second-order valence-electron chi connectivity index (χ2n) is 9.41. The van der Waals surface area contributed by atoms with Crippen molar-refractivity contribution in [1.82, 2.24) is 0 Å². The summed E-state index contributed by atoms with van der Waals surface area (Å²) in [4.78, 5) is 13.0. The first kappa shape index (κ1) is 22.8. The van der Waals surface area contributed by atoms with E-state index in [1.54, 1.807) is 43.5 Å². The van der Waals surface area contributed by atoms with Gasteiger partial charge in [0, 0.05) is 13.5 Å². The Labute approximate surface area is 191 Å². The van der Waals surface area contributed by atoms with Crippen LogP contribution >= 0.6 is 0 Å². The van der Waals surface area contributed by atoms with Crippen LogP contribution in [0.5, 0.6) is 0 Å². The van der Waals surface area contributed by atoms with E-state index in [2.05, 4.69) is 19.6 Å². The van der Waals surface area contributed by atoms with Crippen LogP contribution in [0, 0.1) is 6.92 Å². The number of carbonyl (C=O) groups is 1. The van der Waals surface area contributed by atoms with Crippen molar-refractivity contribution in [3.8, 4) is 0 Å².